The van der Waals surface area contributed by atoms with E-state index in [0.29, 0.717) is 13.0 Å². The van der Waals surface area contributed by atoms with E-state index >= 15 is 0 Å². The number of ether oxygens (including phenoxy) is 1. The standard InChI is InChI=1S/C15H22N2O2/c1-17(14-8-3-2-6-12(14)11-16)15(18)10-13-7-4-5-9-19-13/h2-3,6,8,13H,4-5,7,9-11,16H2,1H3. The third-order valence-corrected chi connectivity index (χ3v) is 3.62. The number of anilines is 1. The smallest absolute Gasteiger partial charge is 0.229 e. The van der Waals surface area contributed by atoms with E-state index in [9.17, 15) is 4.79 Å². The van der Waals surface area contributed by atoms with Gasteiger partial charge in [0.25, 0.3) is 0 Å². The van der Waals surface area contributed by atoms with Crippen molar-refractivity contribution in [3.63, 3.8) is 0 Å². The molecule has 104 valence electrons. The monoisotopic (exact) mass is 262 g/mol. The summed E-state index contributed by atoms with van der Waals surface area (Å²) in [6.45, 7) is 1.22. The number of amides is 1. The molecule has 4 nitrogen and oxygen atoms in total. The number of carbonyl (C=O) groups is 1. The molecule has 1 aromatic carbocycles. The Balaban J connectivity index is 2.01. The molecule has 1 saturated heterocycles. The van der Waals surface area contributed by atoms with Crippen LogP contribution in [0.2, 0.25) is 0 Å². The topological polar surface area (TPSA) is 55.6 Å². The van der Waals surface area contributed by atoms with Crippen molar-refractivity contribution in [3.8, 4) is 0 Å². The summed E-state index contributed by atoms with van der Waals surface area (Å²) in [4.78, 5) is 14.0. The predicted molar refractivity (Wildman–Crippen MR) is 76.0 cm³/mol. The van der Waals surface area contributed by atoms with E-state index in [0.717, 1.165) is 37.1 Å². The van der Waals surface area contributed by atoms with Crippen LogP contribution >= 0.6 is 0 Å². The summed E-state index contributed by atoms with van der Waals surface area (Å²) in [5.74, 6) is 0.0906. The van der Waals surface area contributed by atoms with Crippen LogP contribution in [0, 0.1) is 0 Å². The molecule has 1 atom stereocenters. The van der Waals surface area contributed by atoms with E-state index in [1.807, 2.05) is 24.3 Å². The highest BCUT2D eigenvalue weighted by Crippen LogP contribution is 2.22. The number of nitrogens with two attached hydrogens (primary N) is 1. The van der Waals surface area contributed by atoms with Gasteiger partial charge in [0.1, 0.15) is 0 Å². The summed E-state index contributed by atoms with van der Waals surface area (Å²) in [5, 5.41) is 0. The quantitative estimate of drug-likeness (QED) is 0.903. The molecule has 1 amide bonds. The van der Waals surface area contributed by atoms with Crippen LogP contribution in [-0.4, -0.2) is 25.7 Å². The molecular formula is C15H22N2O2. The van der Waals surface area contributed by atoms with Crippen molar-refractivity contribution in [1.29, 1.82) is 0 Å². The van der Waals surface area contributed by atoms with Crippen LogP contribution in [0.25, 0.3) is 0 Å². The van der Waals surface area contributed by atoms with Crippen LogP contribution in [0.5, 0.6) is 0 Å². The van der Waals surface area contributed by atoms with Gasteiger partial charge in [0.2, 0.25) is 5.91 Å². The number of hydrogen-bond donors (Lipinski definition) is 1. The van der Waals surface area contributed by atoms with Crippen LogP contribution in [0.3, 0.4) is 0 Å². The van der Waals surface area contributed by atoms with Crippen molar-refractivity contribution in [2.75, 3.05) is 18.6 Å². The Morgan fingerprint density at radius 2 is 2.21 bits per heavy atom. The molecule has 0 spiro atoms. The molecule has 19 heavy (non-hydrogen) atoms. The summed E-state index contributed by atoms with van der Waals surface area (Å²) in [6, 6.07) is 7.75. The van der Waals surface area contributed by atoms with Crippen molar-refractivity contribution >= 4 is 11.6 Å². The van der Waals surface area contributed by atoms with E-state index in [1.165, 1.54) is 0 Å². The van der Waals surface area contributed by atoms with Gasteiger partial charge in [-0.25, -0.2) is 0 Å². The lowest BCUT2D eigenvalue weighted by Crippen LogP contribution is -2.32. The lowest BCUT2D eigenvalue weighted by atomic mass is 10.1. The van der Waals surface area contributed by atoms with Crippen molar-refractivity contribution in [2.24, 2.45) is 5.73 Å². The zero-order valence-electron chi connectivity index (χ0n) is 11.5. The summed E-state index contributed by atoms with van der Waals surface area (Å²) < 4.78 is 5.62. The minimum Gasteiger partial charge on any atom is -0.378 e. The first-order valence-electron chi connectivity index (χ1n) is 6.88. The first-order valence-corrected chi connectivity index (χ1v) is 6.88. The molecule has 1 unspecified atom stereocenters. The van der Waals surface area contributed by atoms with E-state index in [2.05, 4.69) is 0 Å². The third kappa shape index (κ3) is 3.55. The number of carbonyl (C=O) groups excluding carboxylic acids is 1. The molecule has 1 fully saturated rings. The van der Waals surface area contributed by atoms with Gasteiger partial charge in [-0.2, -0.15) is 0 Å². The molecular weight excluding hydrogens is 240 g/mol. The largest absolute Gasteiger partial charge is 0.378 e. The van der Waals surface area contributed by atoms with Gasteiger partial charge < -0.3 is 15.4 Å². The van der Waals surface area contributed by atoms with Gasteiger partial charge in [-0.05, 0) is 30.9 Å². The molecule has 1 heterocycles. The molecule has 1 aromatic rings. The van der Waals surface area contributed by atoms with E-state index in [1.54, 1.807) is 11.9 Å². The van der Waals surface area contributed by atoms with Gasteiger partial charge in [0, 0.05) is 25.9 Å². The van der Waals surface area contributed by atoms with Crippen molar-refractivity contribution in [3.05, 3.63) is 29.8 Å². The molecule has 4 heteroatoms. The lowest BCUT2D eigenvalue weighted by molar-refractivity contribution is -0.122. The van der Waals surface area contributed by atoms with Crippen molar-refractivity contribution in [2.45, 2.75) is 38.3 Å². The number of rotatable bonds is 4. The van der Waals surface area contributed by atoms with Gasteiger partial charge in [-0.15, -0.1) is 0 Å². The molecule has 1 aliphatic heterocycles. The minimum atomic E-state index is 0.0775. The Bertz CT molecular complexity index is 428. The highest BCUT2D eigenvalue weighted by Gasteiger charge is 2.21. The van der Waals surface area contributed by atoms with Crippen molar-refractivity contribution in [1.82, 2.24) is 0 Å². The number of nitrogens with zero attached hydrogens (tertiary/aromatic N) is 1. The third-order valence-electron chi connectivity index (χ3n) is 3.62. The SMILES string of the molecule is CN(C(=O)CC1CCCCO1)c1ccccc1CN. The van der Waals surface area contributed by atoms with Gasteiger partial charge >= 0.3 is 0 Å². The maximum atomic E-state index is 12.3. The molecule has 0 aliphatic carbocycles. The summed E-state index contributed by atoms with van der Waals surface area (Å²) in [5.41, 5.74) is 7.59. The van der Waals surface area contributed by atoms with E-state index in [4.69, 9.17) is 10.5 Å². The Labute approximate surface area is 114 Å². The molecule has 0 bridgehead atoms. The fourth-order valence-electron chi connectivity index (χ4n) is 2.45. The fraction of sp³-hybridized carbons (Fsp3) is 0.533. The molecule has 2 rings (SSSR count). The van der Waals surface area contributed by atoms with Gasteiger partial charge in [-0.3, -0.25) is 4.79 Å². The maximum absolute atomic E-state index is 12.3. The first kappa shape index (κ1) is 14.0. The van der Waals surface area contributed by atoms with Crippen LogP contribution in [-0.2, 0) is 16.1 Å². The number of hydrogen-bond acceptors (Lipinski definition) is 3. The van der Waals surface area contributed by atoms with E-state index in [-0.39, 0.29) is 12.0 Å². The Morgan fingerprint density at radius 1 is 1.42 bits per heavy atom. The Kier molecular flexibility index (Phi) is 4.93. The second-order valence-electron chi connectivity index (χ2n) is 4.98. The summed E-state index contributed by atoms with van der Waals surface area (Å²) in [7, 11) is 1.81. The van der Waals surface area contributed by atoms with Crippen LogP contribution in [0.15, 0.2) is 24.3 Å². The fourth-order valence-corrected chi connectivity index (χ4v) is 2.45. The molecule has 0 radical (unpaired) electrons. The van der Waals surface area contributed by atoms with Gasteiger partial charge in [0.15, 0.2) is 0 Å². The van der Waals surface area contributed by atoms with E-state index < -0.39 is 0 Å². The summed E-state index contributed by atoms with van der Waals surface area (Å²) >= 11 is 0. The average Bonchev–Trinajstić information content (AvgIpc) is 2.47. The number of benzene rings is 1. The molecule has 1 aliphatic rings. The van der Waals surface area contributed by atoms with Crippen LogP contribution < -0.4 is 10.6 Å². The molecule has 0 aromatic heterocycles. The average molecular weight is 262 g/mol. The van der Waals surface area contributed by atoms with Gasteiger partial charge in [-0.1, -0.05) is 18.2 Å². The summed E-state index contributed by atoms with van der Waals surface area (Å²) in [6.07, 6.45) is 3.78. The molecule has 2 N–H and O–H groups in total. The minimum absolute atomic E-state index is 0.0775. The first-order chi connectivity index (χ1) is 9.22. The van der Waals surface area contributed by atoms with Crippen molar-refractivity contribution < 1.29 is 9.53 Å². The van der Waals surface area contributed by atoms with Crippen LogP contribution in [0.1, 0.15) is 31.2 Å². The van der Waals surface area contributed by atoms with Gasteiger partial charge in [0.05, 0.1) is 12.5 Å². The second-order valence-corrected chi connectivity index (χ2v) is 4.98. The zero-order valence-corrected chi connectivity index (χ0v) is 11.5. The highest BCUT2D eigenvalue weighted by molar-refractivity contribution is 5.93. The Morgan fingerprint density at radius 3 is 2.89 bits per heavy atom. The zero-order chi connectivity index (χ0) is 13.7. The Hall–Kier alpha value is -1.39. The normalized spacial score (nSPS) is 19.2. The highest BCUT2D eigenvalue weighted by atomic mass is 16.5. The maximum Gasteiger partial charge on any atom is 0.229 e. The van der Waals surface area contributed by atoms with Crippen LogP contribution in [0.4, 0.5) is 5.69 Å². The predicted octanol–water partition coefficient (Wildman–Crippen LogP) is 2.07. The lowest BCUT2D eigenvalue weighted by Gasteiger charge is -2.25. The second kappa shape index (κ2) is 6.68. The number of para-hydroxylation sites is 1. The molecule has 0 saturated carbocycles.